The molecule has 1 rings (SSSR count). The van der Waals surface area contributed by atoms with Crippen LogP contribution in [0.5, 0.6) is 0 Å². The normalized spacial score (nSPS) is 19.7. The zero-order valence-corrected chi connectivity index (χ0v) is 14.8. The molecule has 134 valence electrons. The van der Waals surface area contributed by atoms with E-state index in [1.165, 1.54) is 0 Å². The highest BCUT2D eigenvalue weighted by Gasteiger charge is 2.32. The highest BCUT2D eigenvalue weighted by molar-refractivity contribution is 5.74. The van der Waals surface area contributed by atoms with Crippen molar-refractivity contribution >= 4 is 12.0 Å². The Labute approximate surface area is 138 Å². The quantitative estimate of drug-likeness (QED) is 0.654. The Kier molecular flexibility index (Phi) is 7.78. The summed E-state index contributed by atoms with van der Waals surface area (Å²) in [6, 6.07) is 0.458. The molecule has 1 aliphatic heterocycles. The summed E-state index contributed by atoms with van der Waals surface area (Å²) in [7, 11) is 0. The third-order valence-electron chi connectivity index (χ3n) is 3.61. The van der Waals surface area contributed by atoms with Gasteiger partial charge in [0, 0.05) is 25.2 Å². The van der Waals surface area contributed by atoms with Gasteiger partial charge in [0.25, 0.3) is 0 Å². The highest BCUT2D eigenvalue weighted by atomic mass is 16.6. The number of hydrogen-bond acceptors (Lipinski definition) is 5. The van der Waals surface area contributed by atoms with E-state index in [2.05, 4.69) is 12.2 Å². The summed E-state index contributed by atoms with van der Waals surface area (Å²) >= 11 is 0. The lowest BCUT2D eigenvalue weighted by atomic mass is 10.1. The molecule has 7 nitrogen and oxygen atoms in total. The van der Waals surface area contributed by atoms with Crippen LogP contribution in [-0.4, -0.2) is 60.9 Å². The molecule has 0 aromatic heterocycles. The smallest absolute Gasteiger partial charge is 0.410 e. The number of carbonyl (C=O) groups is 2. The van der Waals surface area contributed by atoms with Gasteiger partial charge >= 0.3 is 6.09 Å². The molecule has 0 aliphatic carbocycles. The number of carbonyl (C=O) groups excluding carboxylic acids is 2. The third kappa shape index (κ3) is 8.18. The van der Waals surface area contributed by atoms with Gasteiger partial charge in [0.2, 0.25) is 5.91 Å². The second-order valence-electron chi connectivity index (χ2n) is 7.08. The predicted octanol–water partition coefficient (Wildman–Crippen LogP) is 1.26. The number of nitrogens with two attached hydrogens (primary N) is 1. The molecule has 0 aromatic rings. The molecule has 1 fully saturated rings. The van der Waals surface area contributed by atoms with E-state index in [0.29, 0.717) is 13.2 Å². The fourth-order valence-electron chi connectivity index (χ4n) is 2.68. The molecule has 7 heteroatoms. The summed E-state index contributed by atoms with van der Waals surface area (Å²) in [5, 5.41) is 3.34. The maximum Gasteiger partial charge on any atom is 0.410 e. The van der Waals surface area contributed by atoms with Crippen molar-refractivity contribution < 1.29 is 19.1 Å². The van der Waals surface area contributed by atoms with E-state index < -0.39 is 11.5 Å². The van der Waals surface area contributed by atoms with Gasteiger partial charge in [-0.25, -0.2) is 4.79 Å². The summed E-state index contributed by atoms with van der Waals surface area (Å²) in [5.41, 5.74) is 4.53. The van der Waals surface area contributed by atoms with Crippen LogP contribution in [0.4, 0.5) is 4.79 Å². The van der Waals surface area contributed by atoms with E-state index in [9.17, 15) is 9.59 Å². The number of amides is 2. The molecule has 1 heterocycles. The van der Waals surface area contributed by atoms with Crippen molar-refractivity contribution in [1.29, 1.82) is 0 Å². The summed E-state index contributed by atoms with van der Waals surface area (Å²) in [5.74, 6) is -0.461. The fourth-order valence-corrected chi connectivity index (χ4v) is 2.68. The van der Waals surface area contributed by atoms with Gasteiger partial charge in [-0.15, -0.1) is 0 Å². The van der Waals surface area contributed by atoms with Gasteiger partial charge < -0.3 is 25.4 Å². The average molecular weight is 329 g/mol. The monoisotopic (exact) mass is 329 g/mol. The van der Waals surface area contributed by atoms with Crippen molar-refractivity contribution in [2.24, 2.45) is 5.73 Å². The second kappa shape index (κ2) is 9.08. The molecule has 0 spiro atoms. The summed E-state index contributed by atoms with van der Waals surface area (Å²) < 4.78 is 10.6. The Bertz CT molecular complexity index is 395. The van der Waals surface area contributed by atoms with Crippen LogP contribution in [0.2, 0.25) is 0 Å². The standard InChI is InChI=1S/C16H31N3O4/c1-12(18-7-9-22-11-14(17)20)10-13-6-5-8-19(13)15(21)23-16(2,3)4/h12-13,18H,5-11H2,1-4H3,(H2,17,20). The molecule has 0 saturated carbocycles. The summed E-state index contributed by atoms with van der Waals surface area (Å²) in [4.78, 5) is 24.6. The maximum absolute atomic E-state index is 12.2. The van der Waals surface area contributed by atoms with E-state index >= 15 is 0 Å². The van der Waals surface area contributed by atoms with Crippen LogP contribution in [0.3, 0.4) is 0 Å². The van der Waals surface area contributed by atoms with Crippen LogP contribution >= 0.6 is 0 Å². The average Bonchev–Trinajstić information content (AvgIpc) is 2.84. The lowest BCUT2D eigenvalue weighted by Gasteiger charge is -2.30. The number of primary amides is 1. The Morgan fingerprint density at radius 1 is 1.39 bits per heavy atom. The van der Waals surface area contributed by atoms with Gasteiger partial charge in [0.05, 0.1) is 6.61 Å². The molecule has 0 aromatic carbocycles. The van der Waals surface area contributed by atoms with Crippen molar-refractivity contribution in [1.82, 2.24) is 10.2 Å². The lowest BCUT2D eigenvalue weighted by Crippen LogP contribution is -2.43. The Balaban J connectivity index is 2.31. The first-order chi connectivity index (χ1) is 10.7. The van der Waals surface area contributed by atoms with Crippen molar-refractivity contribution in [3.8, 4) is 0 Å². The first kappa shape index (κ1) is 19.7. The molecule has 1 saturated heterocycles. The first-order valence-corrected chi connectivity index (χ1v) is 8.28. The molecule has 3 N–H and O–H groups in total. The number of ether oxygens (including phenoxy) is 2. The van der Waals surface area contributed by atoms with Gasteiger partial charge in [0.1, 0.15) is 12.2 Å². The zero-order valence-electron chi connectivity index (χ0n) is 14.8. The molecule has 0 bridgehead atoms. The van der Waals surface area contributed by atoms with Gasteiger partial charge in [-0.2, -0.15) is 0 Å². The Hall–Kier alpha value is -1.34. The molecule has 2 unspecified atom stereocenters. The topological polar surface area (TPSA) is 93.9 Å². The van der Waals surface area contributed by atoms with Crippen molar-refractivity contribution in [3.05, 3.63) is 0 Å². The largest absolute Gasteiger partial charge is 0.444 e. The van der Waals surface area contributed by atoms with Crippen LogP contribution in [0.1, 0.15) is 47.0 Å². The van der Waals surface area contributed by atoms with Gasteiger partial charge in [-0.05, 0) is 47.0 Å². The van der Waals surface area contributed by atoms with Gasteiger partial charge in [-0.3, -0.25) is 4.79 Å². The van der Waals surface area contributed by atoms with Crippen LogP contribution < -0.4 is 11.1 Å². The molecule has 2 atom stereocenters. The predicted molar refractivity (Wildman–Crippen MR) is 88.1 cm³/mol. The van der Waals surface area contributed by atoms with E-state index in [4.69, 9.17) is 15.2 Å². The van der Waals surface area contributed by atoms with Gasteiger partial charge in [-0.1, -0.05) is 0 Å². The molecular weight excluding hydrogens is 298 g/mol. The van der Waals surface area contributed by atoms with Crippen molar-refractivity contribution in [2.75, 3.05) is 26.3 Å². The molecule has 0 radical (unpaired) electrons. The minimum Gasteiger partial charge on any atom is -0.444 e. The number of nitrogens with zero attached hydrogens (tertiary/aromatic N) is 1. The van der Waals surface area contributed by atoms with Crippen LogP contribution in [0.15, 0.2) is 0 Å². The SMILES string of the molecule is CC(CC1CCCN1C(=O)OC(C)(C)C)NCCOCC(N)=O. The Morgan fingerprint density at radius 3 is 2.70 bits per heavy atom. The zero-order chi connectivity index (χ0) is 17.5. The number of likely N-dealkylation sites (tertiary alicyclic amines) is 1. The highest BCUT2D eigenvalue weighted by Crippen LogP contribution is 2.23. The maximum atomic E-state index is 12.2. The van der Waals surface area contributed by atoms with Gasteiger partial charge in [0.15, 0.2) is 0 Å². The van der Waals surface area contributed by atoms with E-state index in [1.807, 2.05) is 25.7 Å². The van der Waals surface area contributed by atoms with Crippen LogP contribution in [0, 0.1) is 0 Å². The fraction of sp³-hybridized carbons (Fsp3) is 0.875. The minimum absolute atomic E-state index is 0.0505. The van der Waals surface area contributed by atoms with E-state index in [-0.39, 0.29) is 24.8 Å². The van der Waals surface area contributed by atoms with E-state index in [0.717, 1.165) is 25.8 Å². The van der Waals surface area contributed by atoms with Crippen molar-refractivity contribution in [2.45, 2.75) is 64.6 Å². The Morgan fingerprint density at radius 2 is 2.09 bits per heavy atom. The number of rotatable bonds is 8. The lowest BCUT2D eigenvalue weighted by molar-refractivity contribution is -0.122. The van der Waals surface area contributed by atoms with E-state index in [1.54, 1.807) is 0 Å². The molecule has 1 aliphatic rings. The van der Waals surface area contributed by atoms with Crippen LogP contribution in [0.25, 0.3) is 0 Å². The number of nitrogens with one attached hydrogen (secondary N) is 1. The second-order valence-corrected chi connectivity index (χ2v) is 7.08. The number of hydrogen-bond donors (Lipinski definition) is 2. The minimum atomic E-state index is -0.466. The molecule has 2 amide bonds. The summed E-state index contributed by atoms with van der Waals surface area (Å²) in [6.45, 7) is 9.52. The first-order valence-electron chi connectivity index (χ1n) is 8.28. The molecular formula is C16H31N3O4. The van der Waals surface area contributed by atoms with Crippen LogP contribution in [-0.2, 0) is 14.3 Å². The molecule has 23 heavy (non-hydrogen) atoms. The summed E-state index contributed by atoms with van der Waals surface area (Å²) in [6.07, 6.45) is 2.66. The third-order valence-corrected chi connectivity index (χ3v) is 3.61. The van der Waals surface area contributed by atoms with Crippen molar-refractivity contribution in [3.63, 3.8) is 0 Å².